The molecule has 224 valence electrons. The normalized spacial score (nSPS) is 14.3. The molecule has 0 spiro atoms. The smallest absolute Gasteiger partial charge is 0.264 e. The molecule has 1 N–H and O–H groups in total. The minimum atomic E-state index is -4.12. The maximum atomic E-state index is 14.2. The monoisotopic (exact) mass is 655 g/mol. The minimum absolute atomic E-state index is 0.0779. The van der Waals surface area contributed by atoms with Crippen molar-refractivity contribution in [2.24, 2.45) is 0 Å². The number of methoxy groups -OCH3 is 1. The van der Waals surface area contributed by atoms with E-state index in [1.807, 2.05) is 38.1 Å². The topological polar surface area (TPSA) is 96.0 Å². The van der Waals surface area contributed by atoms with Crippen molar-refractivity contribution in [3.05, 3.63) is 88.4 Å². The van der Waals surface area contributed by atoms with Crippen LogP contribution in [0.3, 0.4) is 0 Å². The van der Waals surface area contributed by atoms with E-state index in [2.05, 4.69) is 21.2 Å². The molecule has 1 aliphatic rings. The van der Waals surface area contributed by atoms with E-state index in [1.165, 1.54) is 4.90 Å². The molecule has 3 aromatic rings. The number of hydrogen-bond donors (Lipinski definition) is 1. The van der Waals surface area contributed by atoms with Gasteiger partial charge in [0.1, 0.15) is 18.3 Å². The van der Waals surface area contributed by atoms with Gasteiger partial charge in [0.25, 0.3) is 10.0 Å². The predicted molar refractivity (Wildman–Crippen MR) is 168 cm³/mol. The van der Waals surface area contributed by atoms with Crippen LogP contribution in [0.15, 0.2) is 82.2 Å². The number of hydrogen-bond acceptors (Lipinski definition) is 5. The minimum Gasteiger partial charge on any atom is -0.497 e. The van der Waals surface area contributed by atoms with E-state index < -0.39 is 28.5 Å². The first-order valence-electron chi connectivity index (χ1n) is 14.2. The van der Waals surface area contributed by atoms with E-state index in [-0.39, 0.29) is 23.4 Å². The number of ether oxygens (including phenoxy) is 1. The first-order valence-corrected chi connectivity index (χ1v) is 16.4. The molecule has 1 fully saturated rings. The highest BCUT2D eigenvalue weighted by Crippen LogP contribution is 2.27. The number of amides is 2. The van der Waals surface area contributed by atoms with Crippen LogP contribution < -0.4 is 14.4 Å². The molecular formula is C32H38BrN3O5S. The third kappa shape index (κ3) is 7.72. The number of carbonyl (C=O) groups excluding carboxylic acids is 2. The molecule has 0 unspecified atom stereocenters. The number of nitrogens with one attached hydrogen (secondary N) is 1. The van der Waals surface area contributed by atoms with Crippen molar-refractivity contribution in [1.82, 2.24) is 10.2 Å². The molecule has 4 rings (SSSR count). The van der Waals surface area contributed by atoms with Gasteiger partial charge in [0, 0.05) is 17.1 Å². The maximum Gasteiger partial charge on any atom is 0.264 e. The first kappa shape index (κ1) is 31.6. The van der Waals surface area contributed by atoms with Crippen molar-refractivity contribution in [2.75, 3.05) is 18.0 Å². The second-order valence-corrected chi connectivity index (χ2v) is 13.4. The van der Waals surface area contributed by atoms with Crippen LogP contribution in [-0.4, -0.2) is 50.9 Å². The Kier molecular flexibility index (Phi) is 10.7. The van der Waals surface area contributed by atoms with Crippen LogP contribution in [0.4, 0.5) is 5.69 Å². The van der Waals surface area contributed by atoms with Crippen LogP contribution in [0, 0.1) is 6.92 Å². The summed E-state index contributed by atoms with van der Waals surface area (Å²) < 4.78 is 35.2. The zero-order chi connectivity index (χ0) is 30.3. The fourth-order valence-corrected chi connectivity index (χ4v) is 6.91. The second kappa shape index (κ2) is 14.2. The van der Waals surface area contributed by atoms with Crippen LogP contribution in [0.2, 0.25) is 0 Å². The summed E-state index contributed by atoms with van der Waals surface area (Å²) in [5.74, 6) is -0.0798. The van der Waals surface area contributed by atoms with Gasteiger partial charge in [-0.25, -0.2) is 8.42 Å². The Balaban J connectivity index is 1.71. The van der Waals surface area contributed by atoms with E-state index in [0.29, 0.717) is 17.9 Å². The van der Waals surface area contributed by atoms with Crippen molar-refractivity contribution < 1.29 is 22.7 Å². The number of benzene rings is 3. The lowest BCUT2D eigenvalue weighted by Gasteiger charge is -2.34. The fourth-order valence-electron chi connectivity index (χ4n) is 5.23. The van der Waals surface area contributed by atoms with Crippen molar-refractivity contribution >= 4 is 43.5 Å². The van der Waals surface area contributed by atoms with E-state index in [9.17, 15) is 18.0 Å². The van der Waals surface area contributed by atoms with E-state index in [0.717, 1.165) is 45.6 Å². The largest absolute Gasteiger partial charge is 0.497 e. The summed E-state index contributed by atoms with van der Waals surface area (Å²) in [6.45, 7) is 3.38. The van der Waals surface area contributed by atoms with Crippen LogP contribution in [0.25, 0.3) is 0 Å². The summed E-state index contributed by atoms with van der Waals surface area (Å²) in [6, 6.07) is 19.9. The van der Waals surface area contributed by atoms with Gasteiger partial charge < -0.3 is 15.0 Å². The van der Waals surface area contributed by atoms with Crippen molar-refractivity contribution in [3.8, 4) is 5.75 Å². The fraction of sp³-hybridized carbons (Fsp3) is 0.375. The summed E-state index contributed by atoms with van der Waals surface area (Å²) >= 11 is 3.40. The standard InChI is InChI=1S/C32H38BrN3O5S/c1-4-30(32(38)34-26-9-5-6-10-26)35(21-24-8-7-11-28(20-24)41-3)31(37)22-36(27-16-14-25(33)15-17-27)42(39,40)29-18-12-23(2)13-19-29/h7-8,11-20,26,30H,4-6,9-10,21-22H2,1-3H3,(H,34,38)/t30-/m0/s1. The quantitative estimate of drug-likeness (QED) is 0.265. The summed E-state index contributed by atoms with van der Waals surface area (Å²) in [5.41, 5.74) is 2.03. The average molecular weight is 657 g/mol. The molecule has 0 bridgehead atoms. The van der Waals surface area contributed by atoms with E-state index in [1.54, 1.807) is 55.6 Å². The number of carbonyl (C=O) groups is 2. The number of rotatable bonds is 12. The van der Waals surface area contributed by atoms with Crippen LogP contribution >= 0.6 is 15.9 Å². The van der Waals surface area contributed by atoms with Gasteiger partial charge in [-0.3, -0.25) is 13.9 Å². The summed E-state index contributed by atoms with van der Waals surface area (Å²) in [7, 11) is -2.55. The lowest BCUT2D eigenvalue weighted by Crippen LogP contribution is -2.53. The molecule has 0 aromatic heterocycles. The summed E-state index contributed by atoms with van der Waals surface area (Å²) in [6.07, 6.45) is 4.33. The Hall–Kier alpha value is -3.37. The lowest BCUT2D eigenvalue weighted by molar-refractivity contribution is -0.140. The molecule has 10 heteroatoms. The summed E-state index contributed by atoms with van der Waals surface area (Å²) in [5, 5.41) is 3.13. The lowest BCUT2D eigenvalue weighted by atomic mass is 10.1. The molecule has 1 aliphatic carbocycles. The molecule has 2 amide bonds. The number of anilines is 1. The predicted octanol–water partition coefficient (Wildman–Crippen LogP) is 5.83. The molecule has 0 saturated heterocycles. The van der Waals surface area contributed by atoms with Crippen LogP contribution in [0.1, 0.15) is 50.2 Å². The van der Waals surface area contributed by atoms with E-state index in [4.69, 9.17) is 4.74 Å². The number of aryl methyl sites for hydroxylation is 1. The third-order valence-electron chi connectivity index (χ3n) is 7.58. The van der Waals surface area contributed by atoms with Gasteiger partial charge in [-0.05, 0) is 80.3 Å². The molecule has 1 saturated carbocycles. The van der Waals surface area contributed by atoms with Gasteiger partial charge in [0.15, 0.2) is 0 Å². The SMILES string of the molecule is CC[C@@H](C(=O)NC1CCCC1)N(Cc1cccc(OC)c1)C(=O)CN(c1ccc(Br)cc1)S(=O)(=O)c1ccc(C)cc1. The van der Waals surface area contributed by atoms with Gasteiger partial charge >= 0.3 is 0 Å². The van der Waals surface area contributed by atoms with Crippen LogP contribution in [0.5, 0.6) is 5.75 Å². The number of nitrogens with zero attached hydrogens (tertiary/aromatic N) is 2. The molecule has 42 heavy (non-hydrogen) atoms. The number of sulfonamides is 1. The molecular weight excluding hydrogens is 618 g/mol. The van der Waals surface area contributed by atoms with Gasteiger partial charge in [-0.15, -0.1) is 0 Å². The Labute approximate surface area is 257 Å². The van der Waals surface area contributed by atoms with E-state index >= 15 is 0 Å². The highest BCUT2D eigenvalue weighted by molar-refractivity contribution is 9.10. The van der Waals surface area contributed by atoms with Gasteiger partial charge in [0.05, 0.1) is 17.7 Å². The Morgan fingerprint density at radius 2 is 1.69 bits per heavy atom. The molecule has 0 aliphatic heterocycles. The molecule has 8 nitrogen and oxygen atoms in total. The van der Waals surface area contributed by atoms with Gasteiger partial charge in [-0.1, -0.05) is 65.5 Å². The maximum absolute atomic E-state index is 14.2. The average Bonchev–Trinajstić information content (AvgIpc) is 3.49. The highest BCUT2D eigenvalue weighted by atomic mass is 79.9. The highest BCUT2D eigenvalue weighted by Gasteiger charge is 2.34. The molecule has 0 radical (unpaired) electrons. The zero-order valence-electron chi connectivity index (χ0n) is 24.3. The Morgan fingerprint density at radius 1 is 1.02 bits per heavy atom. The van der Waals surface area contributed by atoms with Crippen molar-refractivity contribution in [2.45, 2.75) is 69.5 Å². The molecule has 0 heterocycles. The number of halogens is 1. The molecule has 3 aromatic carbocycles. The molecule has 1 atom stereocenters. The van der Waals surface area contributed by atoms with Crippen molar-refractivity contribution in [1.29, 1.82) is 0 Å². The van der Waals surface area contributed by atoms with Gasteiger partial charge in [-0.2, -0.15) is 0 Å². The summed E-state index contributed by atoms with van der Waals surface area (Å²) in [4.78, 5) is 29.4. The van der Waals surface area contributed by atoms with Crippen LogP contribution in [-0.2, 0) is 26.2 Å². The third-order valence-corrected chi connectivity index (χ3v) is 9.89. The van der Waals surface area contributed by atoms with Gasteiger partial charge in [0.2, 0.25) is 11.8 Å². The zero-order valence-corrected chi connectivity index (χ0v) is 26.7. The Bertz CT molecular complexity index is 1470. The second-order valence-electron chi connectivity index (χ2n) is 10.6. The Morgan fingerprint density at radius 3 is 2.31 bits per heavy atom. The van der Waals surface area contributed by atoms with Crippen molar-refractivity contribution in [3.63, 3.8) is 0 Å². The first-order chi connectivity index (χ1) is 20.1.